The van der Waals surface area contributed by atoms with Crippen molar-refractivity contribution in [1.82, 2.24) is 0 Å². The second-order valence-electron chi connectivity index (χ2n) is 1.54. The van der Waals surface area contributed by atoms with Crippen molar-refractivity contribution in [3.63, 3.8) is 0 Å². The molecule has 0 amide bonds. The zero-order chi connectivity index (χ0) is 5.11. The van der Waals surface area contributed by atoms with Gasteiger partial charge < -0.3 is 10.5 Å². The third-order valence-corrected chi connectivity index (χ3v) is 0.990. The van der Waals surface area contributed by atoms with Crippen LogP contribution in [0.15, 0.2) is 12.2 Å². The van der Waals surface area contributed by atoms with Crippen molar-refractivity contribution in [3.8, 4) is 0 Å². The van der Waals surface area contributed by atoms with Crippen molar-refractivity contribution in [2.75, 3.05) is 13.2 Å². The largest absolute Gasteiger partial charge is 0.369 e. The fourth-order valence-corrected chi connectivity index (χ4v) is 0.589. The Morgan fingerprint density at radius 2 is 2.71 bits per heavy atom. The first kappa shape index (κ1) is 4.81. The Bertz CT molecular complexity index is 80.1. The fourth-order valence-electron chi connectivity index (χ4n) is 0.589. The van der Waals surface area contributed by atoms with Gasteiger partial charge in [0.05, 0.1) is 12.7 Å². The van der Waals surface area contributed by atoms with Crippen LogP contribution in [0.4, 0.5) is 0 Å². The molecule has 0 saturated heterocycles. The number of nitrogens with two attached hydrogens (primary N) is 1. The summed E-state index contributed by atoms with van der Waals surface area (Å²) in [7, 11) is 0. The third-order valence-electron chi connectivity index (χ3n) is 0.990. The monoisotopic (exact) mass is 99.1 g/mol. The molecule has 0 bridgehead atoms. The Balaban J connectivity index is 2.28. The van der Waals surface area contributed by atoms with Crippen LogP contribution in [-0.2, 0) is 4.74 Å². The van der Waals surface area contributed by atoms with Crippen molar-refractivity contribution in [2.24, 2.45) is 5.73 Å². The van der Waals surface area contributed by atoms with Crippen molar-refractivity contribution in [3.05, 3.63) is 12.2 Å². The van der Waals surface area contributed by atoms with Gasteiger partial charge in [-0.1, -0.05) is 12.2 Å². The van der Waals surface area contributed by atoms with Gasteiger partial charge in [0.2, 0.25) is 0 Å². The first-order valence-electron chi connectivity index (χ1n) is 2.42. The molecule has 0 spiro atoms. The molecule has 1 atom stereocenters. The van der Waals surface area contributed by atoms with Gasteiger partial charge in [-0.3, -0.25) is 0 Å². The smallest absolute Gasteiger partial charge is 0.0883 e. The van der Waals surface area contributed by atoms with Crippen LogP contribution in [0.25, 0.3) is 0 Å². The summed E-state index contributed by atoms with van der Waals surface area (Å²) in [5.74, 6) is 0. The molecule has 1 aliphatic rings. The maximum atomic E-state index is 5.26. The summed E-state index contributed by atoms with van der Waals surface area (Å²) >= 11 is 0. The summed E-state index contributed by atoms with van der Waals surface area (Å²) in [5.41, 5.74) is 5.26. The minimum atomic E-state index is 0.194. The first-order valence-corrected chi connectivity index (χ1v) is 2.42. The molecule has 2 heteroatoms. The molecule has 0 saturated carbocycles. The van der Waals surface area contributed by atoms with Gasteiger partial charge in [-0.2, -0.15) is 0 Å². The molecular formula is C5H9NO. The van der Waals surface area contributed by atoms with Gasteiger partial charge in [0.25, 0.3) is 0 Å². The Morgan fingerprint density at radius 1 is 1.86 bits per heavy atom. The van der Waals surface area contributed by atoms with Crippen LogP contribution in [0.3, 0.4) is 0 Å². The quantitative estimate of drug-likeness (QED) is 0.466. The van der Waals surface area contributed by atoms with Crippen molar-refractivity contribution < 1.29 is 4.74 Å². The lowest BCUT2D eigenvalue weighted by Gasteiger charge is -2.00. The van der Waals surface area contributed by atoms with E-state index in [0.717, 1.165) is 6.61 Å². The van der Waals surface area contributed by atoms with Crippen LogP contribution in [0, 0.1) is 0 Å². The van der Waals surface area contributed by atoms with Gasteiger partial charge in [-0.15, -0.1) is 0 Å². The molecular weight excluding hydrogens is 90.1 g/mol. The predicted octanol–water partition coefficient (Wildman–Crippen LogP) is -0.0999. The van der Waals surface area contributed by atoms with Gasteiger partial charge in [-0.25, -0.2) is 0 Å². The number of ether oxygens (including phenoxy) is 1. The molecule has 7 heavy (non-hydrogen) atoms. The number of hydrogen-bond donors (Lipinski definition) is 1. The molecule has 0 aliphatic carbocycles. The minimum absolute atomic E-state index is 0.194. The van der Waals surface area contributed by atoms with Crippen LogP contribution in [-0.4, -0.2) is 19.3 Å². The number of rotatable bonds is 1. The van der Waals surface area contributed by atoms with Gasteiger partial charge >= 0.3 is 0 Å². The zero-order valence-corrected chi connectivity index (χ0v) is 4.13. The van der Waals surface area contributed by atoms with E-state index in [2.05, 4.69) is 0 Å². The molecule has 1 aliphatic heterocycles. The molecule has 1 rings (SSSR count). The van der Waals surface area contributed by atoms with E-state index >= 15 is 0 Å². The molecule has 2 N–H and O–H groups in total. The van der Waals surface area contributed by atoms with Gasteiger partial charge in [-0.05, 0) is 0 Å². The Hall–Kier alpha value is -0.340. The van der Waals surface area contributed by atoms with Gasteiger partial charge in [0, 0.05) is 6.54 Å². The molecule has 0 radical (unpaired) electrons. The van der Waals surface area contributed by atoms with Gasteiger partial charge in [0.1, 0.15) is 0 Å². The highest BCUT2D eigenvalue weighted by molar-refractivity contribution is 4.95. The number of hydrogen-bond acceptors (Lipinski definition) is 2. The maximum absolute atomic E-state index is 5.26. The Labute approximate surface area is 43.0 Å². The Morgan fingerprint density at radius 3 is 3.00 bits per heavy atom. The molecule has 1 unspecified atom stereocenters. The van der Waals surface area contributed by atoms with Crippen molar-refractivity contribution >= 4 is 0 Å². The summed E-state index contributed by atoms with van der Waals surface area (Å²) < 4.78 is 5.07. The summed E-state index contributed by atoms with van der Waals surface area (Å²) in [6.07, 6.45) is 4.16. The zero-order valence-electron chi connectivity index (χ0n) is 4.13. The maximum Gasteiger partial charge on any atom is 0.0883 e. The highest BCUT2D eigenvalue weighted by atomic mass is 16.5. The molecule has 0 fully saturated rings. The average Bonchev–Trinajstić information content (AvgIpc) is 2.14. The van der Waals surface area contributed by atoms with E-state index in [0.29, 0.717) is 6.54 Å². The molecule has 2 nitrogen and oxygen atoms in total. The van der Waals surface area contributed by atoms with Crippen LogP contribution in [0.1, 0.15) is 0 Å². The van der Waals surface area contributed by atoms with E-state index in [-0.39, 0.29) is 6.10 Å². The summed E-state index contributed by atoms with van der Waals surface area (Å²) in [6, 6.07) is 0. The van der Waals surface area contributed by atoms with E-state index in [1.807, 2.05) is 12.2 Å². The van der Waals surface area contributed by atoms with Crippen molar-refractivity contribution in [1.29, 1.82) is 0 Å². The van der Waals surface area contributed by atoms with E-state index in [9.17, 15) is 0 Å². The highest BCUT2D eigenvalue weighted by Gasteiger charge is 2.04. The molecule has 0 aromatic heterocycles. The van der Waals surface area contributed by atoms with E-state index in [1.54, 1.807) is 0 Å². The lowest BCUT2D eigenvalue weighted by Crippen LogP contribution is -2.17. The third kappa shape index (κ3) is 1.01. The molecule has 0 aromatic carbocycles. The first-order chi connectivity index (χ1) is 3.43. The van der Waals surface area contributed by atoms with E-state index in [4.69, 9.17) is 10.5 Å². The lowest BCUT2D eigenvalue weighted by molar-refractivity contribution is 0.134. The van der Waals surface area contributed by atoms with E-state index < -0.39 is 0 Å². The molecule has 0 aromatic rings. The second-order valence-corrected chi connectivity index (χ2v) is 1.54. The van der Waals surface area contributed by atoms with E-state index in [1.165, 1.54) is 0 Å². The summed E-state index contributed by atoms with van der Waals surface area (Å²) in [6.45, 7) is 1.35. The Kier molecular flexibility index (Phi) is 1.44. The topological polar surface area (TPSA) is 35.2 Å². The van der Waals surface area contributed by atoms with Gasteiger partial charge in [0.15, 0.2) is 0 Å². The highest BCUT2D eigenvalue weighted by Crippen LogP contribution is 1.98. The average molecular weight is 99.1 g/mol. The minimum Gasteiger partial charge on any atom is -0.369 e. The van der Waals surface area contributed by atoms with Crippen LogP contribution in [0.2, 0.25) is 0 Å². The second kappa shape index (κ2) is 2.09. The lowest BCUT2D eigenvalue weighted by atomic mass is 10.4. The SMILES string of the molecule is NCC1C=CCO1. The fraction of sp³-hybridized carbons (Fsp3) is 0.600. The molecule has 40 valence electrons. The van der Waals surface area contributed by atoms with Crippen LogP contribution < -0.4 is 5.73 Å². The van der Waals surface area contributed by atoms with Crippen LogP contribution >= 0.6 is 0 Å². The van der Waals surface area contributed by atoms with Crippen molar-refractivity contribution in [2.45, 2.75) is 6.10 Å². The molecule has 1 heterocycles. The normalized spacial score (nSPS) is 29.0. The predicted molar refractivity (Wildman–Crippen MR) is 27.9 cm³/mol. The standard InChI is InChI=1S/C5H9NO/c6-4-5-2-1-3-7-5/h1-2,5H,3-4,6H2. The van der Waals surface area contributed by atoms with Crippen LogP contribution in [0.5, 0.6) is 0 Å². The summed E-state index contributed by atoms with van der Waals surface area (Å²) in [5, 5.41) is 0. The summed E-state index contributed by atoms with van der Waals surface area (Å²) in [4.78, 5) is 0.